The molecule has 23 heavy (non-hydrogen) atoms. The third-order valence-electron chi connectivity index (χ3n) is 3.66. The number of nitrogens with zero attached hydrogens (tertiary/aromatic N) is 3. The summed E-state index contributed by atoms with van der Waals surface area (Å²) in [5.74, 6) is 0.731. The van der Waals surface area contributed by atoms with Gasteiger partial charge in [0.1, 0.15) is 29.5 Å². The van der Waals surface area contributed by atoms with Crippen LogP contribution < -0.4 is 15.8 Å². The lowest BCUT2D eigenvalue weighted by atomic mass is 9.94. The highest BCUT2D eigenvalue weighted by atomic mass is 32.1. The van der Waals surface area contributed by atoms with Crippen molar-refractivity contribution in [1.29, 1.82) is 0 Å². The number of ether oxygens (including phenoxy) is 1. The van der Waals surface area contributed by atoms with Crippen molar-refractivity contribution in [2.24, 2.45) is 0 Å². The minimum Gasteiger partial charge on any atom is -0.497 e. The zero-order valence-corrected chi connectivity index (χ0v) is 13.0. The average molecular weight is 319 g/mol. The van der Waals surface area contributed by atoms with E-state index in [1.807, 2.05) is 12.1 Å². The van der Waals surface area contributed by atoms with Gasteiger partial charge >= 0.3 is 0 Å². The molecule has 0 bridgehead atoms. The van der Waals surface area contributed by atoms with E-state index in [-0.39, 0.29) is 5.56 Å². The fourth-order valence-electron chi connectivity index (χ4n) is 2.50. The van der Waals surface area contributed by atoms with E-state index in [1.54, 1.807) is 31.5 Å². The van der Waals surface area contributed by atoms with Crippen molar-refractivity contribution in [3.8, 4) is 11.4 Å². The van der Waals surface area contributed by atoms with Crippen LogP contribution in [-0.2, 0) is 0 Å². The minimum absolute atomic E-state index is 0.137. The van der Waals surface area contributed by atoms with Gasteiger partial charge in [-0.1, -0.05) is 11.5 Å². The third kappa shape index (κ3) is 2.12. The molecule has 0 N–H and O–H groups in total. The Morgan fingerprint density at radius 2 is 1.96 bits per heavy atom. The van der Waals surface area contributed by atoms with Gasteiger partial charge in [0, 0.05) is 11.6 Å². The highest BCUT2D eigenvalue weighted by Gasteiger charge is 2.14. The highest BCUT2D eigenvalue weighted by Crippen LogP contribution is 2.27. The monoisotopic (exact) mass is 319 g/mol. The maximum absolute atomic E-state index is 12.8. The molecule has 0 saturated heterocycles. The van der Waals surface area contributed by atoms with Crippen LogP contribution in [0.5, 0.6) is 5.75 Å². The standard InChI is InChI=1S/C16H10BN3O2S/c1-22-10-4-2-9(3-5-10)20-8-19-13-12-11(17)6-7-18-15(12)23-14(13)16(20)21/h2-8H,1H3. The molecule has 0 aliphatic heterocycles. The Morgan fingerprint density at radius 3 is 2.70 bits per heavy atom. The van der Waals surface area contributed by atoms with Crippen LogP contribution in [0.2, 0.25) is 0 Å². The molecule has 0 amide bonds. The van der Waals surface area contributed by atoms with Crippen LogP contribution in [0.4, 0.5) is 0 Å². The molecule has 3 aromatic heterocycles. The van der Waals surface area contributed by atoms with E-state index in [2.05, 4.69) is 9.97 Å². The summed E-state index contributed by atoms with van der Waals surface area (Å²) in [5, 5.41) is 0.742. The Balaban J connectivity index is 1.99. The molecular weight excluding hydrogens is 309 g/mol. The van der Waals surface area contributed by atoms with Crippen LogP contribution in [0.3, 0.4) is 0 Å². The summed E-state index contributed by atoms with van der Waals surface area (Å²) in [4.78, 5) is 22.2. The molecule has 0 spiro atoms. The first-order valence-corrected chi connectivity index (χ1v) is 7.69. The summed E-state index contributed by atoms with van der Waals surface area (Å²) in [6.07, 6.45) is 3.15. The van der Waals surface area contributed by atoms with Gasteiger partial charge in [-0.2, -0.15) is 0 Å². The van der Waals surface area contributed by atoms with Gasteiger partial charge in [-0.25, -0.2) is 9.97 Å². The normalized spacial score (nSPS) is 11.2. The molecule has 110 valence electrons. The van der Waals surface area contributed by atoms with Crippen LogP contribution in [0.25, 0.3) is 26.1 Å². The second-order valence-electron chi connectivity index (χ2n) is 4.98. The summed E-state index contributed by atoms with van der Waals surface area (Å²) in [6, 6.07) is 8.94. The number of aromatic nitrogens is 3. The molecule has 0 aliphatic rings. The fourth-order valence-corrected chi connectivity index (χ4v) is 3.56. The molecule has 4 rings (SSSR count). The zero-order chi connectivity index (χ0) is 16.0. The number of hydrogen-bond acceptors (Lipinski definition) is 5. The van der Waals surface area contributed by atoms with Gasteiger partial charge in [0.05, 0.1) is 18.3 Å². The van der Waals surface area contributed by atoms with E-state index in [0.717, 1.165) is 21.7 Å². The summed E-state index contributed by atoms with van der Waals surface area (Å²) < 4.78 is 7.19. The predicted molar refractivity (Wildman–Crippen MR) is 92.5 cm³/mol. The van der Waals surface area contributed by atoms with Crippen molar-refractivity contribution < 1.29 is 4.74 Å². The Bertz CT molecular complexity index is 1090. The topological polar surface area (TPSA) is 57.0 Å². The van der Waals surface area contributed by atoms with Gasteiger partial charge in [0.15, 0.2) is 0 Å². The number of thiophene rings is 1. The second kappa shape index (κ2) is 5.21. The van der Waals surface area contributed by atoms with Crippen molar-refractivity contribution in [3.63, 3.8) is 0 Å². The highest BCUT2D eigenvalue weighted by molar-refractivity contribution is 7.25. The molecular formula is C16H10BN3O2S. The van der Waals surface area contributed by atoms with E-state index >= 15 is 0 Å². The van der Waals surface area contributed by atoms with Crippen molar-refractivity contribution in [3.05, 3.63) is 53.2 Å². The molecule has 0 unspecified atom stereocenters. The molecule has 0 atom stereocenters. The molecule has 0 fully saturated rings. The Hall–Kier alpha value is -2.67. The van der Waals surface area contributed by atoms with Crippen LogP contribution in [0.1, 0.15) is 0 Å². The van der Waals surface area contributed by atoms with Gasteiger partial charge in [0.25, 0.3) is 5.56 Å². The fraction of sp³-hybridized carbons (Fsp3) is 0.0625. The zero-order valence-electron chi connectivity index (χ0n) is 12.2. The van der Waals surface area contributed by atoms with E-state index in [1.165, 1.54) is 22.2 Å². The second-order valence-corrected chi connectivity index (χ2v) is 5.98. The van der Waals surface area contributed by atoms with Crippen LogP contribution in [0.15, 0.2) is 47.7 Å². The molecule has 4 aromatic rings. The Morgan fingerprint density at radius 1 is 1.17 bits per heavy atom. The number of benzene rings is 1. The number of pyridine rings is 1. The summed E-state index contributed by atoms with van der Waals surface area (Å²) in [5.41, 5.74) is 1.77. The molecule has 5 nitrogen and oxygen atoms in total. The van der Waals surface area contributed by atoms with Crippen molar-refractivity contribution in [2.75, 3.05) is 7.11 Å². The van der Waals surface area contributed by atoms with Crippen LogP contribution in [0, 0.1) is 0 Å². The van der Waals surface area contributed by atoms with E-state index < -0.39 is 0 Å². The first-order valence-electron chi connectivity index (χ1n) is 6.88. The lowest BCUT2D eigenvalue weighted by Gasteiger charge is -2.06. The van der Waals surface area contributed by atoms with Crippen molar-refractivity contribution in [1.82, 2.24) is 14.5 Å². The quantitative estimate of drug-likeness (QED) is 0.529. The maximum Gasteiger partial charge on any atom is 0.275 e. The van der Waals surface area contributed by atoms with Gasteiger partial charge in [-0.15, -0.1) is 11.3 Å². The Labute approximate surface area is 136 Å². The van der Waals surface area contributed by atoms with Gasteiger partial charge < -0.3 is 4.74 Å². The van der Waals surface area contributed by atoms with Gasteiger partial charge in [-0.05, 0) is 24.3 Å². The number of hydrogen-bond donors (Lipinski definition) is 0. The third-order valence-corrected chi connectivity index (χ3v) is 4.74. The molecule has 0 aliphatic carbocycles. The summed E-state index contributed by atoms with van der Waals surface area (Å²) in [6.45, 7) is 0. The van der Waals surface area contributed by atoms with Crippen molar-refractivity contribution >= 4 is 45.1 Å². The van der Waals surface area contributed by atoms with Crippen LogP contribution in [-0.4, -0.2) is 29.5 Å². The first kappa shape index (κ1) is 14.0. The number of methoxy groups -OCH3 is 1. The van der Waals surface area contributed by atoms with Gasteiger partial charge in [-0.3, -0.25) is 9.36 Å². The molecule has 7 heteroatoms. The minimum atomic E-state index is -0.137. The Kier molecular flexibility index (Phi) is 3.16. The number of fused-ring (bicyclic) bond motifs is 3. The van der Waals surface area contributed by atoms with E-state index in [9.17, 15) is 4.79 Å². The van der Waals surface area contributed by atoms with E-state index in [4.69, 9.17) is 12.6 Å². The van der Waals surface area contributed by atoms with E-state index in [0.29, 0.717) is 15.7 Å². The summed E-state index contributed by atoms with van der Waals surface area (Å²) in [7, 11) is 7.60. The molecule has 0 saturated carbocycles. The number of rotatable bonds is 2. The largest absolute Gasteiger partial charge is 0.497 e. The smallest absolute Gasteiger partial charge is 0.275 e. The average Bonchev–Trinajstić information content (AvgIpc) is 2.96. The molecule has 2 radical (unpaired) electrons. The lowest BCUT2D eigenvalue weighted by Crippen LogP contribution is -2.17. The van der Waals surface area contributed by atoms with Crippen LogP contribution >= 0.6 is 11.3 Å². The molecule has 3 heterocycles. The lowest BCUT2D eigenvalue weighted by molar-refractivity contribution is 0.414. The predicted octanol–water partition coefficient (Wildman–Crippen LogP) is 1.80. The van der Waals surface area contributed by atoms with Gasteiger partial charge in [0.2, 0.25) is 0 Å². The summed E-state index contributed by atoms with van der Waals surface area (Å²) >= 11 is 1.31. The first-order chi connectivity index (χ1) is 11.2. The van der Waals surface area contributed by atoms with Crippen molar-refractivity contribution in [2.45, 2.75) is 0 Å². The maximum atomic E-state index is 12.8. The molecule has 1 aromatic carbocycles. The SMILES string of the molecule is [B]c1ccnc2sc3c(=O)n(-c4ccc(OC)cc4)cnc3c12.